The van der Waals surface area contributed by atoms with Crippen LogP contribution in [0.15, 0.2) is 24.3 Å². The zero-order valence-corrected chi connectivity index (χ0v) is 8.94. The number of aliphatic hydroxyl groups excluding tert-OH is 1. The molecule has 1 N–H and O–H groups in total. The van der Waals surface area contributed by atoms with Gasteiger partial charge in [0.05, 0.1) is 13.2 Å². The van der Waals surface area contributed by atoms with Crippen molar-refractivity contribution in [2.45, 2.75) is 24.4 Å². The quantitative estimate of drug-likeness (QED) is 0.772. The zero-order valence-electron chi connectivity index (χ0n) is 8.94. The van der Waals surface area contributed by atoms with Gasteiger partial charge in [-0.05, 0) is 18.9 Å². The standard InChI is InChI=1S/C12H13FO3/c1-16-11(15)12(6-8(14)7-12)9-4-2-3-5-10(9)13/h2-5,8,14H,6-7H2,1H3. The van der Waals surface area contributed by atoms with Crippen LogP contribution in [0.4, 0.5) is 4.39 Å². The molecule has 0 aromatic heterocycles. The third-order valence-corrected chi connectivity index (χ3v) is 3.13. The molecule has 3 nitrogen and oxygen atoms in total. The first-order valence-corrected chi connectivity index (χ1v) is 5.11. The van der Waals surface area contributed by atoms with Crippen LogP contribution in [0.5, 0.6) is 0 Å². The van der Waals surface area contributed by atoms with E-state index in [0.717, 1.165) is 0 Å². The van der Waals surface area contributed by atoms with Crippen molar-refractivity contribution in [3.05, 3.63) is 35.6 Å². The number of hydrogen-bond donors (Lipinski definition) is 1. The molecule has 4 heteroatoms. The molecule has 0 unspecified atom stereocenters. The van der Waals surface area contributed by atoms with Crippen molar-refractivity contribution >= 4 is 5.97 Å². The number of aliphatic hydroxyl groups is 1. The number of ether oxygens (including phenoxy) is 1. The number of methoxy groups -OCH3 is 1. The molecule has 2 rings (SSSR count). The van der Waals surface area contributed by atoms with Gasteiger partial charge in [-0.2, -0.15) is 0 Å². The van der Waals surface area contributed by atoms with Crippen LogP contribution in [0.25, 0.3) is 0 Å². The molecule has 0 heterocycles. The van der Waals surface area contributed by atoms with Gasteiger partial charge in [0.1, 0.15) is 11.2 Å². The third-order valence-electron chi connectivity index (χ3n) is 3.13. The Labute approximate surface area is 92.9 Å². The van der Waals surface area contributed by atoms with Crippen LogP contribution < -0.4 is 0 Å². The van der Waals surface area contributed by atoms with Crippen LogP contribution in [0.3, 0.4) is 0 Å². The second-order valence-corrected chi connectivity index (χ2v) is 4.12. The fourth-order valence-electron chi connectivity index (χ4n) is 2.29. The summed E-state index contributed by atoms with van der Waals surface area (Å²) in [4.78, 5) is 11.7. The number of rotatable bonds is 2. The van der Waals surface area contributed by atoms with E-state index in [9.17, 15) is 14.3 Å². The van der Waals surface area contributed by atoms with E-state index in [-0.39, 0.29) is 12.8 Å². The Kier molecular flexibility index (Phi) is 2.68. The molecule has 0 amide bonds. The van der Waals surface area contributed by atoms with E-state index in [1.807, 2.05) is 0 Å². The average molecular weight is 224 g/mol. The molecular formula is C12H13FO3. The predicted molar refractivity (Wildman–Crippen MR) is 55.3 cm³/mol. The highest BCUT2D eigenvalue weighted by atomic mass is 19.1. The lowest BCUT2D eigenvalue weighted by molar-refractivity contribution is -0.156. The fraction of sp³-hybridized carbons (Fsp3) is 0.417. The van der Waals surface area contributed by atoms with Gasteiger partial charge in [-0.1, -0.05) is 18.2 Å². The lowest BCUT2D eigenvalue weighted by atomic mass is 9.62. The highest BCUT2D eigenvalue weighted by Crippen LogP contribution is 2.45. The largest absolute Gasteiger partial charge is 0.468 e. The van der Waals surface area contributed by atoms with Crippen LogP contribution in [-0.2, 0) is 14.9 Å². The molecule has 0 saturated heterocycles. The van der Waals surface area contributed by atoms with Crippen molar-refractivity contribution in [3.63, 3.8) is 0 Å². The zero-order chi connectivity index (χ0) is 11.8. The van der Waals surface area contributed by atoms with Crippen molar-refractivity contribution in [3.8, 4) is 0 Å². The van der Waals surface area contributed by atoms with Gasteiger partial charge in [0.2, 0.25) is 0 Å². The van der Waals surface area contributed by atoms with Crippen LogP contribution >= 0.6 is 0 Å². The summed E-state index contributed by atoms with van der Waals surface area (Å²) in [5.74, 6) is -0.914. The molecule has 1 aliphatic carbocycles. The van der Waals surface area contributed by atoms with Gasteiger partial charge in [0.15, 0.2) is 0 Å². The minimum Gasteiger partial charge on any atom is -0.468 e. The summed E-state index contributed by atoms with van der Waals surface area (Å²) < 4.78 is 18.3. The normalized spacial score (nSPS) is 28.3. The van der Waals surface area contributed by atoms with Gasteiger partial charge in [-0.25, -0.2) is 4.39 Å². The molecule has 0 bridgehead atoms. The van der Waals surface area contributed by atoms with Crippen molar-refractivity contribution in [1.82, 2.24) is 0 Å². The molecule has 0 spiro atoms. The number of carbonyl (C=O) groups excluding carboxylic acids is 1. The minimum atomic E-state index is -1.00. The van der Waals surface area contributed by atoms with Crippen molar-refractivity contribution < 1.29 is 19.0 Å². The number of carbonyl (C=O) groups is 1. The first kappa shape index (κ1) is 11.1. The van der Waals surface area contributed by atoms with E-state index < -0.39 is 23.3 Å². The summed E-state index contributed by atoms with van der Waals surface area (Å²) >= 11 is 0. The summed E-state index contributed by atoms with van der Waals surface area (Å²) in [6, 6.07) is 6.12. The highest BCUT2D eigenvalue weighted by molar-refractivity contribution is 5.84. The molecule has 0 radical (unpaired) electrons. The maximum atomic E-state index is 13.6. The van der Waals surface area contributed by atoms with Gasteiger partial charge < -0.3 is 9.84 Å². The minimum absolute atomic E-state index is 0.223. The molecule has 1 aromatic rings. The number of halogens is 1. The Bertz CT molecular complexity index is 410. The Morgan fingerprint density at radius 1 is 1.50 bits per heavy atom. The summed E-state index contributed by atoms with van der Waals surface area (Å²) in [6.07, 6.45) is -0.111. The van der Waals surface area contributed by atoms with E-state index in [1.165, 1.54) is 13.2 Å². The van der Waals surface area contributed by atoms with E-state index in [4.69, 9.17) is 4.74 Å². The van der Waals surface area contributed by atoms with Crippen LogP contribution in [0, 0.1) is 5.82 Å². The van der Waals surface area contributed by atoms with Crippen LogP contribution in [0.2, 0.25) is 0 Å². The maximum Gasteiger partial charge on any atom is 0.316 e. The van der Waals surface area contributed by atoms with E-state index in [1.54, 1.807) is 18.2 Å². The summed E-state index contributed by atoms with van der Waals surface area (Å²) in [6.45, 7) is 0. The van der Waals surface area contributed by atoms with Gasteiger partial charge in [-0.3, -0.25) is 4.79 Å². The molecule has 1 saturated carbocycles. The maximum absolute atomic E-state index is 13.6. The Balaban J connectivity index is 2.42. The SMILES string of the molecule is COC(=O)C1(c2ccccc2F)CC(O)C1. The summed E-state index contributed by atoms with van der Waals surface area (Å²) in [7, 11) is 1.27. The van der Waals surface area contributed by atoms with Crippen LogP contribution in [-0.4, -0.2) is 24.3 Å². The van der Waals surface area contributed by atoms with Crippen molar-refractivity contribution in [1.29, 1.82) is 0 Å². The molecule has 1 aromatic carbocycles. The monoisotopic (exact) mass is 224 g/mol. The number of benzene rings is 1. The molecular weight excluding hydrogens is 211 g/mol. The smallest absolute Gasteiger partial charge is 0.316 e. The predicted octanol–water partition coefficient (Wildman–Crippen LogP) is 1.39. The fourth-order valence-corrected chi connectivity index (χ4v) is 2.29. The Morgan fingerprint density at radius 2 is 2.12 bits per heavy atom. The molecule has 0 atom stereocenters. The highest BCUT2D eigenvalue weighted by Gasteiger charge is 2.53. The van der Waals surface area contributed by atoms with Gasteiger partial charge >= 0.3 is 5.97 Å². The molecule has 0 aliphatic heterocycles. The first-order chi connectivity index (χ1) is 7.60. The van der Waals surface area contributed by atoms with E-state index >= 15 is 0 Å². The molecule has 16 heavy (non-hydrogen) atoms. The van der Waals surface area contributed by atoms with E-state index in [2.05, 4.69) is 0 Å². The topological polar surface area (TPSA) is 46.5 Å². The second kappa shape index (κ2) is 3.87. The number of esters is 1. The van der Waals surface area contributed by atoms with Crippen LogP contribution in [0.1, 0.15) is 18.4 Å². The van der Waals surface area contributed by atoms with Gasteiger partial charge in [0, 0.05) is 5.56 Å². The Morgan fingerprint density at radius 3 is 2.62 bits per heavy atom. The van der Waals surface area contributed by atoms with Gasteiger partial charge in [0.25, 0.3) is 0 Å². The Hall–Kier alpha value is -1.42. The lowest BCUT2D eigenvalue weighted by Gasteiger charge is -2.43. The average Bonchev–Trinajstić information content (AvgIpc) is 2.24. The molecule has 1 aliphatic rings. The molecule has 1 fully saturated rings. The van der Waals surface area contributed by atoms with E-state index in [0.29, 0.717) is 5.56 Å². The summed E-state index contributed by atoms with van der Waals surface area (Å²) in [5, 5.41) is 9.35. The van der Waals surface area contributed by atoms with Gasteiger partial charge in [-0.15, -0.1) is 0 Å². The third kappa shape index (κ3) is 1.50. The summed E-state index contributed by atoms with van der Waals surface area (Å²) in [5.41, 5.74) is -0.688. The lowest BCUT2D eigenvalue weighted by Crippen LogP contribution is -2.51. The van der Waals surface area contributed by atoms with Crippen molar-refractivity contribution in [2.75, 3.05) is 7.11 Å². The second-order valence-electron chi connectivity index (χ2n) is 4.12. The van der Waals surface area contributed by atoms with Crippen molar-refractivity contribution in [2.24, 2.45) is 0 Å². The molecule has 86 valence electrons. The first-order valence-electron chi connectivity index (χ1n) is 5.11. The number of hydrogen-bond acceptors (Lipinski definition) is 3.